The van der Waals surface area contributed by atoms with Crippen LogP contribution >= 0.6 is 0 Å². The van der Waals surface area contributed by atoms with E-state index in [2.05, 4.69) is 182 Å². The lowest BCUT2D eigenvalue weighted by Crippen LogP contribution is -1.85. The molecule has 0 bridgehead atoms. The molecule has 0 spiro atoms. The van der Waals surface area contributed by atoms with Gasteiger partial charge in [0.05, 0.1) is 0 Å². The number of allylic oxidation sites excluding steroid dienone is 2. The average molecular weight is 563 g/mol. The molecule has 0 aliphatic heterocycles. The summed E-state index contributed by atoms with van der Waals surface area (Å²) in [6.07, 6.45) is 10.9. The van der Waals surface area contributed by atoms with Gasteiger partial charge in [-0.3, -0.25) is 0 Å². The van der Waals surface area contributed by atoms with Crippen LogP contribution in [0.4, 0.5) is 0 Å². The van der Waals surface area contributed by atoms with Crippen LogP contribution in [0.5, 0.6) is 0 Å². The lowest BCUT2D eigenvalue weighted by Gasteiger charge is -2.07. The van der Waals surface area contributed by atoms with E-state index in [0.717, 1.165) is 12.8 Å². The predicted octanol–water partition coefficient (Wildman–Crippen LogP) is 11.8. The Morgan fingerprint density at radius 3 is 1.20 bits per heavy atom. The first-order valence-electron chi connectivity index (χ1n) is 15.4. The molecule has 210 valence electrons. The van der Waals surface area contributed by atoms with Crippen molar-refractivity contribution < 1.29 is 0 Å². The van der Waals surface area contributed by atoms with Gasteiger partial charge in [0.25, 0.3) is 0 Å². The molecule has 7 rings (SSSR count). The SMILES string of the molecule is C(=Cc1ccc2ccc3ccc(C=CCc4cccc(-c5ccccc5)c4)cc3c2c1)Cc1cccc(-c2ccccc2)c1. The maximum Gasteiger partial charge on any atom is -0.00939 e. The van der Waals surface area contributed by atoms with Crippen molar-refractivity contribution in [1.82, 2.24) is 0 Å². The Labute approximate surface area is 260 Å². The van der Waals surface area contributed by atoms with Gasteiger partial charge in [-0.05, 0) is 91.0 Å². The lowest BCUT2D eigenvalue weighted by molar-refractivity contribution is 1.28. The van der Waals surface area contributed by atoms with Crippen molar-refractivity contribution in [3.8, 4) is 22.3 Å². The Morgan fingerprint density at radius 1 is 0.341 bits per heavy atom. The van der Waals surface area contributed by atoms with E-state index in [1.54, 1.807) is 0 Å². The molecule has 0 aliphatic carbocycles. The minimum Gasteiger partial charge on any atom is -0.0795 e. The Bertz CT molecular complexity index is 1940. The predicted molar refractivity (Wildman–Crippen MR) is 191 cm³/mol. The third-order valence-corrected chi connectivity index (χ3v) is 8.28. The van der Waals surface area contributed by atoms with Gasteiger partial charge in [0.15, 0.2) is 0 Å². The fourth-order valence-corrected chi connectivity index (χ4v) is 5.97. The molecule has 0 aliphatic rings. The van der Waals surface area contributed by atoms with Gasteiger partial charge in [-0.25, -0.2) is 0 Å². The Kier molecular flexibility index (Phi) is 7.97. The molecular weight excluding hydrogens is 528 g/mol. The molecule has 0 heterocycles. The summed E-state index contributed by atoms with van der Waals surface area (Å²) in [7, 11) is 0. The standard InChI is InChI=1S/C44H34/c1-3-17-37(18-4-1)41-21-9-15-33(29-41)11-7-13-35-23-25-39-27-28-40-26-24-36(32-44(40)43(39)31-35)14-8-12-34-16-10-22-42(30-34)38-19-5-2-6-20-38/h1-10,13-32H,11-12H2. The van der Waals surface area contributed by atoms with Crippen molar-refractivity contribution in [3.63, 3.8) is 0 Å². The number of hydrogen-bond acceptors (Lipinski definition) is 0. The summed E-state index contributed by atoms with van der Waals surface area (Å²) in [4.78, 5) is 0. The maximum absolute atomic E-state index is 2.33. The van der Waals surface area contributed by atoms with E-state index in [-0.39, 0.29) is 0 Å². The van der Waals surface area contributed by atoms with E-state index in [1.165, 1.54) is 66.1 Å². The first kappa shape index (κ1) is 27.4. The molecule has 0 atom stereocenters. The minimum atomic E-state index is 0.900. The van der Waals surface area contributed by atoms with E-state index >= 15 is 0 Å². The van der Waals surface area contributed by atoms with E-state index in [0.29, 0.717) is 0 Å². The van der Waals surface area contributed by atoms with E-state index in [9.17, 15) is 0 Å². The second kappa shape index (κ2) is 12.8. The molecular formula is C44H34. The normalized spacial score (nSPS) is 11.6. The molecule has 0 aromatic heterocycles. The van der Waals surface area contributed by atoms with Crippen LogP contribution in [0, 0.1) is 0 Å². The molecule has 44 heavy (non-hydrogen) atoms. The quantitative estimate of drug-likeness (QED) is 0.162. The van der Waals surface area contributed by atoms with Crippen LogP contribution in [-0.4, -0.2) is 0 Å². The van der Waals surface area contributed by atoms with E-state index < -0.39 is 0 Å². The van der Waals surface area contributed by atoms with Crippen LogP contribution in [-0.2, 0) is 12.8 Å². The van der Waals surface area contributed by atoms with Gasteiger partial charge in [-0.15, -0.1) is 0 Å². The topological polar surface area (TPSA) is 0 Å². The second-order valence-corrected chi connectivity index (χ2v) is 11.4. The van der Waals surface area contributed by atoms with Crippen molar-refractivity contribution in [2.75, 3.05) is 0 Å². The molecule has 0 N–H and O–H groups in total. The highest BCUT2D eigenvalue weighted by Crippen LogP contribution is 2.29. The highest BCUT2D eigenvalue weighted by molar-refractivity contribution is 6.08. The van der Waals surface area contributed by atoms with Crippen LogP contribution in [0.1, 0.15) is 22.3 Å². The smallest absolute Gasteiger partial charge is 0.00939 e. The molecule has 0 amide bonds. The van der Waals surface area contributed by atoms with Gasteiger partial charge in [-0.2, -0.15) is 0 Å². The molecule has 7 aromatic rings. The summed E-state index contributed by atoms with van der Waals surface area (Å²) < 4.78 is 0. The van der Waals surface area contributed by atoms with Crippen molar-refractivity contribution in [1.29, 1.82) is 0 Å². The minimum absolute atomic E-state index is 0.900. The maximum atomic E-state index is 2.33. The summed E-state index contributed by atoms with van der Waals surface area (Å²) in [5.41, 5.74) is 10.1. The highest BCUT2D eigenvalue weighted by atomic mass is 14.1. The van der Waals surface area contributed by atoms with Crippen LogP contribution in [0.3, 0.4) is 0 Å². The summed E-state index contributed by atoms with van der Waals surface area (Å²) in [5, 5.41) is 5.12. The fourth-order valence-electron chi connectivity index (χ4n) is 5.97. The largest absolute Gasteiger partial charge is 0.0795 e. The van der Waals surface area contributed by atoms with Crippen LogP contribution in [0.25, 0.3) is 56.0 Å². The van der Waals surface area contributed by atoms with E-state index in [1.807, 2.05) is 0 Å². The van der Waals surface area contributed by atoms with Crippen molar-refractivity contribution in [2.45, 2.75) is 12.8 Å². The number of fused-ring (bicyclic) bond motifs is 3. The van der Waals surface area contributed by atoms with Crippen molar-refractivity contribution >= 4 is 33.7 Å². The number of rotatable bonds is 8. The Balaban J connectivity index is 1.09. The zero-order valence-corrected chi connectivity index (χ0v) is 24.7. The van der Waals surface area contributed by atoms with Crippen LogP contribution < -0.4 is 0 Å². The first-order chi connectivity index (χ1) is 21.8. The zero-order valence-electron chi connectivity index (χ0n) is 24.7. The molecule has 0 fully saturated rings. The monoisotopic (exact) mass is 562 g/mol. The lowest BCUT2D eigenvalue weighted by atomic mass is 9.97. The second-order valence-electron chi connectivity index (χ2n) is 11.4. The number of hydrogen-bond donors (Lipinski definition) is 0. The molecule has 0 saturated heterocycles. The summed E-state index contributed by atoms with van der Waals surface area (Å²) >= 11 is 0. The van der Waals surface area contributed by atoms with Gasteiger partial charge in [0.2, 0.25) is 0 Å². The van der Waals surface area contributed by atoms with Crippen molar-refractivity contribution in [2.24, 2.45) is 0 Å². The Morgan fingerprint density at radius 2 is 0.750 bits per heavy atom. The average Bonchev–Trinajstić information content (AvgIpc) is 3.09. The van der Waals surface area contributed by atoms with Gasteiger partial charge < -0.3 is 0 Å². The summed E-state index contributed by atoms with van der Waals surface area (Å²) in [6.45, 7) is 0. The van der Waals surface area contributed by atoms with Gasteiger partial charge in [-0.1, -0.05) is 170 Å². The third-order valence-electron chi connectivity index (χ3n) is 8.28. The number of benzene rings is 7. The van der Waals surface area contributed by atoms with Gasteiger partial charge in [0, 0.05) is 0 Å². The fraction of sp³-hybridized carbons (Fsp3) is 0.0455. The molecule has 0 heteroatoms. The molecule has 0 saturated carbocycles. The summed E-state index contributed by atoms with van der Waals surface area (Å²) in [6, 6.07) is 56.9. The van der Waals surface area contributed by atoms with Crippen LogP contribution in [0.15, 0.2) is 170 Å². The molecule has 0 radical (unpaired) electrons. The van der Waals surface area contributed by atoms with Gasteiger partial charge in [0.1, 0.15) is 0 Å². The van der Waals surface area contributed by atoms with Gasteiger partial charge >= 0.3 is 0 Å². The Hall–Kier alpha value is -5.46. The van der Waals surface area contributed by atoms with E-state index in [4.69, 9.17) is 0 Å². The first-order valence-corrected chi connectivity index (χ1v) is 15.4. The van der Waals surface area contributed by atoms with Crippen molar-refractivity contribution in [3.05, 3.63) is 192 Å². The molecule has 7 aromatic carbocycles. The highest BCUT2D eigenvalue weighted by Gasteiger charge is 2.04. The zero-order chi connectivity index (χ0) is 29.6. The van der Waals surface area contributed by atoms with Crippen LogP contribution in [0.2, 0.25) is 0 Å². The third kappa shape index (κ3) is 6.31. The molecule has 0 unspecified atom stereocenters. The summed E-state index contributed by atoms with van der Waals surface area (Å²) in [5.74, 6) is 0. The molecule has 0 nitrogen and oxygen atoms in total.